The lowest BCUT2D eigenvalue weighted by Gasteiger charge is -2.32. The highest BCUT2D eigenvalue weighted by molar-refractivity contribution is 5.87. The molecule has 0 bridgehead atoms. The third kappa shape index (κ3) is 6.96. The van der Waals surface area contributed by atoms with Crippen LogP contribution in [0.25, 0.3) is 11.1 Å². The molecule has 0 fully saturated rings. The van der Waals surface area contributed by atoms with E-state index in [4.69, 9.17) is 0 Å². The topological polar surface area (TPSA) is 80.8 Å². The summed E-state index contributed by atoms with van der Waals surface area (Å²) in [6.07, 6.45) is 3.52. The number of amides is 2. The van der Waals surface area contributed by atoms with Crippen LogP contribution in [0.2, 0.25) is 0 Å². The molecule has 2 amide bonds. The second-order valence-electron chi connectivity index (χ2n) is 10.1. The van der Waals surface area contributed by atoms with Crippen LogP contribution in [0.15, 0.2) is 67.0 Å². The van der Waals surface area contributed by atoms with Crippen LogP contribution < -0.4 is 15.5 Å². The normalized spacial score (nSPS) is 12.9. The summed E-state index contributed by atoms with van der Waals surface area (Å²) in [5.41, 5.74) is 6.37. The van der Waals surface area contributed by atoms with Gasteiger partial charge in [-0.25, -0.2) is 5.01 Å². The summed E-state index contributed by atoms with van der Waals surface area (Å²) < 4.78 is 0. The number of aryl methyl sites for hydroxylation is 1. The summed E-state index contributed by atoms with van der Waals surface area (Å²) in [5, 5.41) is 10.0. The molecule has 0 saturated carbocycles. The molecule has 1 aliphatic rings. The maximum atomic E-state index is 13.5. The van der Waals surface area contributed by atoms with Crippen LogP contribution in [0, 0.1) is 6.92 Å². The number of hydrogen-bond donors (Lipinski definition) is 2. The van der Waals surface area contributed by atoms with E-state index in [1.54, 1.807) is 17.4 Å². The van der Waals surface area contributed by atoms with Gasteiger partial charge in [-0.2, -0.15) is 0 Å². The second-order valence-corrected chi connectivity index (χ2v) is 10.1. The van der Waals surface area contributed by atoms with Gasteiger partial charge in [-0.05, 0) is 52.9 Å². The number of carbonyl (C=O) groups excluding carboxylic acids is 2. The van der Waals surface area contributed by atoms with Crippen molar-refractivity contribution in [1.29, 1.82) is 0 Å². The van der Waals surface area contributed by atoms with E-state index >= 15 is 0 Å². The first-order valence-corrected chi connectivity index (χ1v) is 13.2. The van der Waals surface area contributed by atoms with Crippen molar-refractivity contribution in [3.05, 3.63) is 83.7 Å². The predicted octanol–water partition coefficient (Wildman–Crippen LogP) is 3.37. The molecular weight excluding hydrogens is 476 g/mol. The number of hydrazine groups is 1. The van der Waals surface area contributed by atoms with Crippen molar-refractivity contribution >= 4 is 17.5 Å². The van der Waals surface area contributed by atoms with Gasteiger partial charge in [0.25, 0.3) is 5.91 Å². The number of benzene rings is 2. The maximum absolute atomic E-state index is 13.5. The van der Waals surface area contributed by atoms with Gasteiger partial charge in [0.1, 0.15) is 0 Å². The highest BCUT2D eigenvalue weighted by Gasteiger charge is 2.27. The highest BCUT2D eigenvalue weighted by Crippen LogP contribution is 2.28. The van der Waals surface area contributed by atoms with E-state index in [9.17, 15) is 9.59 Å². The Labute approximate surface area is 225 Å². The van der Waals surface area contributed by atoms with Gasteiger partial charge in [-0.1, -0.05) is 50.2 Å². The minimum atomic E-state index is -0.117. The van der Waals surface area contributed by atoms with E-state index in [1.165, 1.54) is 11.1 Å². The highest BCUT2D eigenvalue weighted by atomic mass is 16.2. The number of fused-ring (bicyclic) bond motifs is 1. The predicted molar refractivity (Wildman–Crippen MR) is 151 cm³/mol. The Morgan fingerprint density at radius 2 is 1.63 bits per heavy atom. The number of carbonyl (C=O) groups is 2. The molecule has 38 heavy (non-hydrogen) atoms. The molecule has 8 nitrogen and oxygen atoms in total. The van der Waals surface area contributed by atoms with Crippen LogP contribution in [0.4, 0.5) is 5.69 Å². The summed E-state index contributed by atoms with van der Waals surface area (Å²) in [4.78, 5) is 32.5. The van der Waals surface area contributed by atoms with Crippen molar-refractivity contribution in [3.8, 4) is 11.1 Å². The molecule has 2 N–H and O–H groups in total. The van der Waals surface area contributed by atoms with Crippen molar-refractivity contribution in [2.24, 2.45) is 0 Å². The molecule has 1 aliphatic heterocycles. The number of nitrogens with one attached hydrogen (secondary N) is 2. The molecule has 2 heterocycles. The van der Waals surface area contributed by atoms with E-state index in [1.807, 2.05) is 54.2 Å². The molecule has 0 aliphatic carbocycles. The summed E-state index contributed by atoms with van der Waals surface area (Å²) in [6.45, 7) is 8.93. The second kappa shape index (κ2) is 12.7. The summed E-state index contributed by atoms with van der Waals surface area (Å²) in [5.74, 6) is -0.186. The lowest BCUT2D eigenvalue weighted by Crippen LogP contribution is -2.48. The fourth-order valence-electron chi connectivity index (χ4n) is 4.64. The van der Waals surface area contributed by atoms with Gasteiger partial charge >= 0.3 is 0 Å². The zero-order chi connectivity index (χ0) is 27.1. The minimum absolute atomic E-state index is 0.0687. The number of rotatable bonds is 11. The molecule has 0 atom stereocenters. The SMILES string of the molecule is Cc1ccc(-c2ccncc2)cc1N(CC(=O)NCCNC(C)C)CC(=O)N(C)N1Cc2ccccc2C1. The zero-order valence-electron chi connectivity index (χ0n) is 22.8. The van der Waals surface area contributed by atoms with E-state index < -0.39 is 0 Å². The van der Waals surface area contributed by atoms with Gasteiger partial charge in [0.15, 0.2) is 0 Å². The first kappa shape index (κ1) is 27.3. The smallest absolute Gasteiger partial charge is 0.256 e. The average molecular weight is 515 g/mol. The van der Waals surface area contributed by atoms with Crippen LogP contribution in [-0.2, 0) is 22.7 Å². The number of aromatic nitrogens is 1. The van der Waals surface area contributed by atoms with E-state index in [2.05, 4.69) is 53.7 Å². The minimum Gasteiger partial charge on any atom is -0.353 e. The van der Waals surface area contributed by atoms with Crippen LogP contribution in [0.1, 0.15) is 30.5 Å². The van der Waals surface area contributed by atoms with E-state index in [0.717, 1.165) is 22.4 Å². The molecule has 0 saturated heterocycles. The fourth-order valence-corrected chi connectivity index (χ4v) is 4.64. The summed E-state index contributed by atoms with van der Waals surface area (Å²) in [7, 11) is 1.81. The molecule has 0 unspecified atom stereocenters. The number of pyridine rings is 1. The van der Waals surface area contributed by atoms with Gasteiger partial charge in [0, 0.05) is 57.3 Å². The Kier molecular flexibility index (Phi) is 9.10. The standard InChI is InChI=1S/C30H38N6O2/c1-22(2)32-15-16-33-29(37)20-35(28-17-25(10-9-23(28)3)24-11-13-31-14-12-24)21-30(38)34(4)36-18-26-7-5-6-8-27(26)19-36/h5-14,17,22,32H,15-16,18-21H2,1-4H3,(H,33,37). The van der Waals surface area contributed by atoms with Crippen molar-refractivity contribution in [1.82, 2.24) is 25.6 Å². The van der Waals surface area contributed by atoms with Crippen molar-refractivity contribution in [2.45, 2.75) is 39.9 Å². The van der Waals surface area contributed by atoms with Gasteiger partial charge in [0.05, 0.1) is 13.1 Å². The lowest BCUT2D eigenvalue weighted by atomic mass is 10.0. The van der Waals surface area contributed by atoms with E-state index in [0.29, 0.717) is 32.2 Å². The van der Waals surface area contributed by atoms with Gasteiger partial charge in [-0.15, -0.1) is 0 Å². The Morgan fingerprint density at radius 1 is 0.947 bits per heavy atom. The Bertz CT molecular complexity index is 1220. The van der Waals surface area contributed by atoms with Crippen LogP contribution in [0.5, 0.6) is 0 Å². The molecule has 8 heteroatoms. The monoisotopic (exact) mass is 514 g/mol. The Balaban J connectivity index is 1.52. The maximum Gasteiger partial charge on any atom is 0.256 e. The van der Waals surface area contributed by atoms with Crippen LogP contribution in [0.3, 0.4) is 0 Å². The first-order valence-electron chi connectivity index (χ1n) is 13.2. The quantitative estimate of drug-likeness (QED) is 0.382. The van der Waals surface area contributed by atoms with Crippen molar-refractivity contribution in [3.63, 3.8) is 0 Å². The molecule has 1 aromatic heterocycles. The van der Waals surface area contributed by atoms with Crippen molar-refractivity contribution in [2.75, 3.05) is 38.1 Å². The molecule has 0 radical (unpaired) electrons. The lowest BCUT2D eigenvalue weighted by molar-refractivity contribution is -0.145. The first-order chi connectivity index (χ1) is 18.3. The molecule has 4 rings (SSSR count). The third-order valence-corrected chi connectivity index (χ3v) is 6.83. The molecule has 3 aromatic rings. The molecular formula is C30H38N6O2. The van der Waals surface area contributed by atoms with Crippen LogP contribution >= 0.6 is 0 Å². The van der Waals surface area contributed by atoms with Gasteiger partial charge < -0.3 is 15.5 Å². The molecule has 0 spiro atoms. The fraction of sp³-hybridized carbons (Fsp3) is 0.367. The largest absolute Gasteiger partial charge is 0.353 e. The van der Waals surface area contributed by atoms with Gasteiger partial charge in [-0.3, -0.25) is 19.6 Å². The Morgan fingerprint density at radius 3 is 2.29 bits per heavy atom. The molecule has 2 aromatic carbocycles. The number of likely N-dealkylation sites (N-methyl/N-ethyl adjacent to an activating group) is 1. The third-order valence-electron chi connectivity index (χ3n) is 6.83. The van der Waals surface area contributed by atoms with E-state index in [-0.39, 0.29) is 24.9 Å². The van der Waals surface area contributed by atoms with Crippen molar-refractivity contribution < 1.29 is 9.59 Å². The zero-order valence-corrected chi connectivity index (χ0v) is 22.8. The van der Waals surface area contributed by atoms with Gasteiger partial charge in [0.2, 0.25) is 5.91 Å². The average Bonchev–Trinajstić information content (AvgIpc) is 3.35. The van der Waals surface area contributed by atoms with Crippen LogP contribution in [-0.4, -0.2) is 66.1 Å². The molecule has 200 valence electrons. The number of anilines is 1. The summed E-state index contributed by atoms with van der Waals surface area (Å²) >= 11 is 0. The number of hydrogen-bond acceptors (Lipinski definition) is 6. The summed E-state index contributed by atoms with van der Waals surface area (Å²) in [6, 6.07) is 18.7. The number of nitrogens with zero attached hydrogens (tertiary/aromatic N) is 4. The Hall–Kier alpha value is -3.75.